The van der Waals surface area contributed by atoms with Gasteiger partial charge in [-0.1, -0.05) is 6.08 Å². The van der Waals surface area contributed by atoms with Crippen molar-refractivity contribution in [2.24, 2.45) is 0 Å². The lowest BCUT2D eigenvalue weighted by Gasteiger charge is -2.05. The van der Waals surface area contributed by atoms with Crippen LogP contribution < -0.4 is 0 Å². The van der Waals surface area contributed by atoms with E-state index < -0.39 is 0 Å². The van der Waals surface area contributed by atoms with Crippen LogP contribution in [-0.4, -0.2) is 32.1 Å². The average molecular weight is 200 g/mol. The van der Waals surface area contributed by atoms with Crippen molar-refractivity contribution in [3.05, 3.63) is 12.2 Å². The standard InChI is InChI=1S/C10H16O4/c1-2-12-9(11)5-3-4-6-10-13-7-8-14-10/h3,5,10H,2,4,6-8H2,1H3. The minimum Gasteiger partial charge on any atom is -0.463 e. The van der Waals surface area contributed by atoms with Crippen molar-refractivity contribution in [2.75, 3.05) is 19.8 Å². The quantitative estimate of drug-likeness (QED) is 0.495. The van der Waals surface area contributed by atoms with Crippen LogP contribution in [-0.2, 0) is 19.0 Å². The monoisotopic (exact) mass is 200 g/mol. The molecule has 0 aromatic carbocycles. The zero-order chi connectivity index (χ0) is 10.2. The zero-order valence-corrected chi connectivity index (χ0v) is 8.40. The van der Waals surface area contributed by atoms with E-state index in [0.717, 1.165) is 12.8 Å². The largest absolute Gasteiger partial charge is 0.463 e. The molecule has 80 valence electrons. The lowest BCUT2D eigenvalue weighted by molar-refractivity contribution is -0.137. The highest BCUT2D eigenvalue weighted by Crippen LogP contribution is 2.10. The number of allylic oxidation sites excluding steroid dienone is 1. The van der Waals surface area contributed by atoms with E-state index in [2.05, 4.69) is 0 Å². The third-order valence-electron chi connectivity index (χ3n) is 1.80. The van der Waals surface area contributed by atoms with Crippen molar-refractivity contribution in [1.82, 2.24) is 0 Å². The molecule has 1 aliphatic heterocycles. The first kappa shape index (κ1) is 11.2. The van der Waals surface area contributed by atoms with Gasteiger partial charge in [0.2, 0.25) is 0 Å². The van der Waals surface area contributed by atoms with Crippen LogP contribution >= 0.6 is 0 Å². The Hall–Kier alpha value is -0.870. The molecule has 0 unspecified atom stereocenters. The maximum absolute atomic E-state index is 10.9. The van der Waals surface area contributed by atoms with E-state index >= 15 is 0 Å². The van der Waals surface area contributed by atoms with E-state index in [9.17, 15) is 4.79 Å². The molecular formula is C10H16O4. The number of ether oxygens (including phenoxy) is 3. The van der Waals surface area contributed by atoms with Crippen molar-refractivity contribution >= 4 is 5.97 Å². The van der Waals surface area contributed by atoms with Crippen molar-refractivity contribution in [1.29, 1.82) is 0 Å². The van der Waals surface area contributed by atoms with Gasteiger partial charge in [0.25, 0.3) is 0 Å². The third kappa shape index (κ3) is 4.39. The molecule has 1 rings (SSSR count). The Morgan fingerprint density at radius 2 is 2.21 bits per heavy atom. The molecule has 0 amide bonds. The number of carbonyl (C=O) groups excluding carboxylic acids is 1. The summed E-state index contributed by atoms with van der Waals surface area (Å²) in [6.45, 7) is 3.54. The van der Waals surface area contributed by atoms with Crippen molar-refractivity contribution in [3.63, 3.8) is 0 Å². The van der Waals surface area contributed by atoms with Gasteiger partial charge in [-0.2, -0.15) is 0 Å². The van der Waals surface area contributed by atoms with Crippen LogP contribution in [0.25, 0.3) is 0 Å². The summed E-state index contributed by atoms with van der Waals surface area (Å²) in [5.41, 5.74) is 0. The van der Waals surface area contributed by atoms with Crippen LogP contribution in [0.3, 0.4) is 0 Å². The van der Waals surface area contributed by atoms with Crippen molar-refractivity contribution < 1.29 is 19.0 Å². The number of hydrogen-bond acceptors (Lipinski definition) is 4. The summed E-state index contributed by atoms with van der Waals surface area (Å²) in [5.74, 6) is -0.291. The lowest BCUT2D eigenvalue weighted by Crippen LogP contribution is -2.06. The van der Waals surface area contributed by atoms with E-state index in [-0.39, 0.29) is 12.3 Å². The predicted octanol–water partition coefficient (Wildman–Crippen LogP) is 1.26. The van der Waals surface area contributed by atoms with E-state index in [4.69, 9.17) is 14.2 Å². The molecule has 1 saturated heterocycles. The fourth-order valence-electron chi connectivity index (χ4n) is 1.18. The molecule has 0 N–H and O–H groups in total. The Bertz CT molecular complexity index is 194. The summed E-state index contributed by atoms with van der Waals surface area (Å²) < 4.78 is 15.2. The number of esters is 1. The van der Waals surface area contributed by atoms with Gasteiger partial charge in [0, 0.05) is 12.5 Å². The Morgan fingerprint density at radius 1 is 1.50 bits per heavy atom. The lowest BCUT2D eigenvalue weighted by atomic mass is 10.3. The van der Waals surface area contributed by atoms with Gasteiger partial charge < -0.3 is 14.2 Å². The highest BCUT2D eigenvalue weighted by Gasteiger charge is 2.13. The second-order valence-corrected chi connectivity index (χ2v) is 2.90. The maximum atomic E-state index is 10.9. The average Bonchev–Trinajstić information content (AvgIpc) is 2.65. The molecule has 4 nitrogen and oxygen atoms in total. The molecular weight excluding hydrogens is 184 g/mol. The van der Waals surface area contributed by atoms with Crippen LogP contribution in [0.1, 0.15) is 19.8 Å². The first-order chi connectivity index (χ1) is 6.83. The van der Waals surface area contributed by atoms with Gasteiger partial charge in [-0.05, 0) is 13.3 Å². The first-order valence-corrected chi connectivity index (χ1v) is 4.89. The Labute approximate surface area is 83.8 Å². The van der Waals surface area contributed by atoms with Crippen molar-refractivity contribution in [3.8, 4) is 0 Å². The van der Waals surface area contributed by atoms with Gasteiger partial charge in [-0.25, -0.2) is 4.79 Å². The second-order valence-electron chi connectivity index (χ2n) is 2.90. The third-order valence-corrected chi connectivity index (χ3v) is 1.80. The van der Waals surface area contributed by atoms with Crippen molar-refractivity contribution in [2.45, 2.75) is 26.1 Å². The summed E-state index contributed by atoms with van der Waals surface area (Å²) in [5, 5.41) is 0. The molecule has 0 saturated carbocycles. The van der Waals surface area contributed by atoms with Crippen LogP contribution in [0.4, 0.5) is 0 Å². The van der Waals surface area contributed by atoms with Gasteiger partial charge in [-0.15, -0.1) is 0 Å². The van der Waals surface area contributed by atoms with Gasteiger partial charge in [0.15, 0.2) is 6.29 Å². The maximum Gasteiger partial charge on any atom is 0.330 e. The minimum absolute atomic E-state index is 0.0955. The molecule has 0 aliphatic carbocycles. The molecule has 14 heavy (non-hydrogen) atoms. The molecule has 0 aromatic rings. The van der Waals surface area contributed by atoms with Gasteiger partial charge in [-0.3, -0.25) is 0 Å². The van der Waals surface area contributed by atoms with Crippen LogP contribution in [0, 0.1) is 0 Å². The van der Waals surface area contributed by atoms with Crippen LogP contribution in [0.2, 0.25) is 0 Å². The summed E-state index contributed by atoms with van der Waals surface area (Å²) in [6.07, 6.45) is 4.68. The smallest absolute Gasteiger partial charge is 0.330 e. The molecule has 0 aromatic heterocycles. The fraction of sp³-hybridized carbons (Fsp3) is 0.700. The molecule has 0 bridgehead atoms. The SMILES string of the molecule is CCOC(=O)C=CCCC1OCCO1. The highest BCUT2D eigenvalue weighted by molar-refractivity contribution is 5.81. The second kappa shape index (κ2) is 6.56. The molecule has 1 aliphatic rings. The van der Waals surface area contributed by atoms with E-state index in [0.29, 0.717) is 19.8 Å². The van der Waals surface area contributed by atoms with Gasteiger partial charge in [0.05, 0.1) is 19.8 Å². The Kier molecular flexibility index (Phi) is 5.25. The van der Waals surface area contributed by atoms with E-state index in [1.54, 1.807) is 13.0 Å². The van der Waals surface area contributed by atoms with Gasteiger partial charge >= 0.3 is 5.97 Å². The summed E-state index contributed by atoms with van der Waals surface area (Å²) in [4.78, 5) is 10.9. The molecule has 0 radical (unpaired) electrons. The van der Waals surface area contributed by atoms with E-state index in [1.165, 1.54) is 6.08 Å². The Balaban J connectivity index is 2.04. The number of hydrogen-bond donors (Lipinski definition) is 0. The van der Waals surface area contributed by atoms with E-state index in [1.807, 2.05) is 0 Å². The van der Waals surface area contributed by atoms with Crippen LogP contribution in [0.15, 0.2) is 12.2 Å². The number of carbonyl (C=O) groups is 1. The highest BCUT2D eigenvalue weighted by atomic mass is 16.7. The summed E-state index contributed by atoms with van der Waals surface area (Å²) in [7, 11) is 0. The summed E-state index contributed by atoms with van der Waals surface area (Å²) >= 11 is 0. The molecule has 1 heterocycles. The zero-order valence-electron chi connectivity index (χ0n) is 8.40. The Morgan fingerprint density at radius 3 is 2.86 bits per heavy atom. The molecule has 1 fully saturated rings. The normalized spacial score (nSPS) is 17.8. The minimum atomic E-state index is -0.291. The molecule has 0 spiro atoms. The summed E-state index contributed by atoms with van der Waals surface area (Å²) in [6, 6.07) is 0. The first-order valence-electron chi connectivity index (χ1n) is 4.89. The number of rotatable bonds is 5. The molecule has 0 atom stereocenters. The van der Waals surface area contributed by atoms with Crippen LogP contribution in [0.5, 0.6) is 0 Å². The topological polar surface area (TPSA) is 44.8 Å². The van der Waals surface area contributed by atoms with Gasteiger partial charge in [0.1, 0.15) is 0 Å². The fourth-order valence-corrected chi connectivity index (χ4v) is 1.18. The predicted molar refractivity (Wildman–Crippen MR) is 50.7 cm³/mol. The molecule has 4 heteroatoms.